The third kappa shape index (κ3) is 2.44. The minimum atomic E-state index is -0.916. The maximum Gasteiger partial charge on any atom is 0.335 e. The molecule has 1 aliphatic heterocycles. The van der Waals surface area contributed by atoms with Crippen LogP contribution < -0.4 is 0 Å². The zero-order valence-corrected chi connectivity index (χ0v) is 11.0. The minimum absolute atomic E-state index is 0.0205. The van der Waals surface area contributed by atoms with Crippen LogP contribution in [0.15, 0.2) is 36.5 Å². The number of hydrogen-bond donors (Lipinski definition) is 1. The van der Waals surface area contributed by atoms with Crippen LogP contribution in [0.3, 0.4) is 0 Å². The fourth-order valence-corrected chi connectivity index (χ4v) is 2.47. The van der Waals surface area contributed by atoms with Crippen molar-refractivity contribution in [2.45, 2.75) is 25.5 Å². The number of aromatic carboxylic acids is 1. The molecule has 1 N–H and O–H groups in total. The number of carboxylic acids is 1. The zero-order valence-electron chi connectivity index (χ0n) is 11.0. The fourth-order valence-electron chi connectivity index (χ4n) is 2.47. The summed E-state index contributed by atoms with van der Waals surface area (Å²) in [4.78, 5) is 10.9. The van der Waals surface area contributed by atoms with Gasteiger partial charge in [-0.1, -0.05) is 12.1 Å². The van der Waals surface area contributed by atoms with Crippen LogP contribution in [0.4, 0.5) is 0 Å². The van der Waals surface area contributed by atoms with Crippen molar-refractivity contribution in [3.8, 4) is 11.3 Å². The van der Waals surface area contributed by atoms with E-state index < -0.39 is 5.97 Å². The second-order valence-corrected chi connectivity index (χ2v) is 4.86. The first-order valence-corrected chi connectivity index (χ1v) is 6.74. The SMILES string of the molecule is O=C(O)c1ccc(-c2ccnn2C2CCCCO2)cc1. The molecule has 0 radical (unpaired) electrons. The summed E-state index contributed by atoms with van der Waals surface area (Å²) in [5.41, 5.74) is 2.18. The van der Waals surface area contributed by atoms with E-state index in [0.29, 0.717) is 0 Å². The molecule has 1 atom stereocenters. The van der Waals surface area contributed by atoms with Crippen molar-refractivity contribution in [3.05, 3.63) is 42.1 Å². The van der Waals surface area contributed by atoms with Crippen molar-refractivity contribution >= 4 is 5.97 Å². The summed E-state index contributed by atoms with van der Waals surface area (Å²) >= 11 is 0. The largest absolute Gasteiger partial charge is 0.478 e. The molecule has 5 nitrogen and oxygen atoms in total. The first kappa shape index (κ1) is 12.9. The predicted octanol–water partition coefficient (Wildman–Crippen LogP) is 2.95. The van der Waals surface area contributed by atoms with E-state index in [4.69, 9.17) is 9.84 Å². The molecule has 0 saturated carbocycles. The van der Waals surface area contributed by atoms with Crippen molar-refractivity contribution in [1.29, 1.82) is 0 Å². The molecule has 0 spiro atoms. The summed E-state index contributed by atoms with van der Waals surface area (Å²) < 4.78 is 7.64. The van der Waals surface area contributed by atoms with E-state index in [-0.39, 0.29) is 11.8 Å². The van der Waals surface area contributed by atoms with Crippen molar-refractivity contribution in [3.63, 3.8) is 0 Å². The minimum Gasteiger partial charge on any atom is -0.478 e. The molecule has 2 aromatic rings. The summed E-state index contributed by atoms with van der Waals surface area (Å²) in [6.45, 7) is 0.766. The quantitative estimate of drug-likeness (QED) is 0.933. The van der Waals surface area contributed by atoms with Crippen molar-refractivity contribution < 1.29 is 14.6 Å². The lowest BCUT2D eigenvalue weighted by atomic mass is 10.1. The Labute approximate surface area is 116 Å². The lowest BCUT2D eigenvalue weighted by Crippen LogP contribution is -2.19. The number of carbonyl (C=O) groups is 1. The van der Waals surface area contributed by atoms with Crippen LogP contribution in [0.1, 0.15) is 35.8 Å². The molecule has 1 fully saturated rings. The van der Waals surface area contributed by atoms with Crippen LogP contribution >= 0.6 is 0 Å². The molecule has 0 bridgehead atoms. The van der Waals surface area contributed by atoms with Gasteiger partial charge in [0.25, 0.3) is 0 Å². The Bertz CT molecular complexity index is 598. The van der Waals surface area contributed by atoms with Gasteiger partial charge in [-0.25, -0.2) is 9.48 Å². The molecule has 0 amide bonds. The van der Waals surface area contributed by atoms with E-state index in [2.05, 4.69) is 5.10 Å². The van der Waals surface area contributed by atoms with E-state index in [9.17, 15) is 4.79 Å². The highest BCUT2D eigenvalue weighted by Crippen LogP contribution is 2.28. The number of hydrogen-bond acceptors (Lipinski definition) is 3. The fraction of sp³-hybridized carbons (Fsp3) is 0.333. The van der Waals surface area contributed by atoms with Crippen LogP contribution in [0, 0.1) is 0 Å². The third-order valence-corrected chi connectivity index (χ3v) is 3.53. The molecule has 3 rings (SSSR count). The second kappa shape index (κ2) is 5.46. The van der Waals surface area contributed by atoms with Gasteiger partial charge in [0.1, 0.15) is 0 Å². The molecule has 0 aliphatic carbocycles. The highest BCUT2D eigenvalue weighted by atomic mass is 16.5. The van der Waals surface area contributed by atoms with Crippen LogP contribution in [0.5, 0.6) is 0 Å². The number of aromatic nitrogens is 2. The van der Waals surface area contributed by atoms with Crippen molar-refractivity contribution in [2.75, 3.05) is 6.61 Å². The van der Waals surface area contributed by atoms with Crippen molar-refractivity contribution in [2.24, 2.45) is 0 Å². The van der Waals surface area contributed by atoms with Gasteiger partial charge >= 0.3 is 5.97 Å². The van der Waals surface area contributed by atoms with Gasteiger partial charge in [-0.15, -0.1) is 0 Å². The standard InChI is InChI=1S/C15H16N2O3/c18-15(19)12-6-4-11(5-7-12)13-8-9-16-17(13)14-3-1-2-10-20-14/h4-9,14H,1-3,10H2,(H,18,19). The first-order valence-electron chi connectivity index (χ1n) is 6.74. The molecule has 1 aromatic carbocycles. The van der Waals surface area contributed by atoms with Crippen LogP contribution in [0.2, 0.25) is 0 Å². The summed E-state index contributed by atoms with van der Waals surface area (Å²) in [6.07, 6.45) is 4.93. The van der Waals surface area contributed by atoms with Crippen molar-refractivity contribution in [1.82, 2.24) is 9.78 Å². The Hall–Kier alpha value is -2.14. The normalized spacial score (nSPS) is 18.9. The molecular formula is C15H16N2O3. The zero-order chi connectivity index (χ0) is 13.9. The average molecular weight is 272 g/mol. The molecule has 1 aliphatic rings. The Morgan fingerprint density at radius 3 is 2.70 bits per heavy atom. The summed E-state index contributed by atoms with van der Waals surface area (Å²) in [5, 5.41) is 13.3. The molecule has 5 heteroatoms. The van der Waals surface area contributed by atoms with Gasteiger partial charge in [0, 0.05) is 12.8 Å². The number of ether oxygens (including phenoxy) is 1. The molecule has 20 heavy (non-hydrogen) atoms. The van der Waals surface area contributed by atoms with Gasteiger partial charge < -0.3 is 9.84 Å². The highest BCUT2D eigenvalue weighted by Gasteiger charge is 2.19. The molecular weight excluding hydrogens is 256 g/mol. The number of nitrogens with zero attached hydrogens (tertiary/aromatic N) is 2. The molecule has 1 saturated heterocycles. The lowest BCUT2D eigenvalue weighted by molar-refractivity contribution is -0.0383. The number of benzene rings is 1. The van der Waals surface area contributed by atoms with Gasteiger partial charge in [0.05, 0.1) is 11.3 Å². The van der Waals surface area contributed by atoms with Gasteiger partial charge in [0.2, 0.25) is 0 Å². The number of carboxylic acid groups (broad SMARTS) is 1. The highest BCUT2D eigenvalue weighted by molar-refractivity contribution is 5.88. The van der Waals surface area contributed by atoms with E-state index >= 15 is 0 Å². The Balaban J connectivity index is 1.90. The van der Waals surface area contributed by atoms with Gasteiger partial charge in [0.15, 0.2) is 6.23 Å². The maximum atomic E-state index is 10.9. The average Bonchev–Trinajstić information content (AvgIpc) is 2.97. The first-order chi connectivity index (χ1) is 9.75. The monoisotopic (exact) mass is 272 g/mol. The Morgan fingerprint density at radius 2 is 2.05 bits per heavy atom. The van der Waals surface area contributed by atoms with Crippen LogP contribution in [0.25, 0.3) is 11.3 Å². The van der Waals surface area contributed by atoms with Gasteiger partial charge in [-0.3, -0.25) is 0 Å². The molecule has 1 aromatic heterocycles. The van der Waals surface area contributed by atoms with Crippen LogP contribution in [-0.4, -0.2) is 27.5 Å². The third-order valence-electron chi connectivity index (χ3n) is 3.53. The lowest BCUT2D eigenvalue weighted by Gasteiger charge is -2.24. The van der Waals surface area contributed by atoms with E-state index in [1.54, 1.807) is 30.5 Å². The molecule has 104 valence electrons. The van der Waals surface area contributed by atoms with E-state index in [0.717, 1.165) is 37.1 Å². The Kier molecular flexibility index (Phi) is 3.52. The summed E-state index contributed by atoms with van der Waals surface area (Å²) in [7, 11) is 0. The topological polar surface area (TPSA) is 64.3 Å². The summed E-state index contributed by atoms with van der Waals surface area (Å²) in [6, 6.07) is 8.75. The van der Waals surface area contributed by atoms with Crippen LogP contribution in [-0.2, 0) is 4.74 Å². The second-order valence-electron chi connectivity index (χ2n) is 4.86. The van der Waals surface area contributed by atoms with Gasteiger partial charge in [-0.2, -0.15) is 5.10 Å². The number of rotatable bonds is 3. The van der Waals surface area contributed by atoms with Gasteiger partial charge in [-0.05, 0) is 43.0 Å². The maximum absolute atomic E-state index is 10.9. The van der Waals surface area contributed by atoms with E-state index in [1.165, 1.54) is 0 Å². The smallest absolute Gasteiger partial charge is 0.335 e. The van der Waals surface area contributed by atoms with E-state index in [1.807, 2.05) is 10.7 Å². The molecule has 2 heterocycles. The summed E-state index contributed by atoms with van der Waals surface area (Å²) in [5.74, 6) is -0.916. The predicted molar refractivity (Wildman–Crippen MR) is 73.5 cm³/mol. The molecule has 1 unspecified atom stereocenters. The Morgan fingerprint density at radius 1 is 1.25 bits per heavy atom.